The molecule has 0 aliphatic heterocycles. The van der Waals surface area contributed by atoms with Crippen LogP contribution in [0.4, 0.5) is 13.2 Å². The van der Waals surface area contributed by atoms with Crippen molar-refractivity contribution >= 4 is 0 Å². The molecule has 0 heterocycles. The number of hydrogen-bond donors (Lipinski definition) is 1. The molecular weight excluding hydrogens is 195 g/mol. The van der Waals surface area contributed by atoms with Crippen molar-refractivity contribution in [2.75, 3.05) is 20.3 Å². The summed E-state index contributed by atoms with van der Waals surface area (Å²) in [5.41, 5.74) is 0. The van der Waals surface area contributed by atoms with Crippen LogP contribution >= 0.6 is 0 Å². The van der Waals surface area contributed by atoms with Crippen LogP contribution in [-0.4, -0.2) is 32.5 Å². The molecular formula is C9H18F3NO. The van der Waals surface area contributed by atoms with Crippen LogP contribution in [0.25, 0.3) is 0 Å². The van der Waals surface area contributed by atoms with E-state index in [1.807, 2.05) is 20.9 Å². The van der Waals surface area contributed by atoms with Gasteiger partial charge < -0.3 is 10.1 Å². The van der Waals surface area contributed by atoms with Gasteiger partial charge in [0, 0.05) is 12.6 Å². The summed E-state index contributed by atoms with van der Waals surface area (Å²) in [6.07, 6.45) is -3.57. The topological polar surface area (TPSA) is 21.3 Å². The van der Waals surface area contributed by atoms with E-state index in [1.165, 1.54) is 0 Å². The number of ether oxygens (including phenoxy) is 1. The minimum absolute atomic E-state index is 0.159. The monoisotopic (exact) mass is 213 g/mol. The molecule has 0 spiro atoms. The van der Waals surface area contributed by atoms with Gasteiger partial charge in [-0.3, -0.25) is 0 Å². The van der Waals surface area contributed by atoms with Gasteiger partial charge in [0.05, 0.1) is 0 Å². The summed E-state index contributed by atoms with van der Waals surface area (Å²) in [5, 5.41) is 3.04. The standard InChI is InChI=1S/C9H18F3NO/c1-7(8(2)13-3)4-5-14-6-9(10,11)12/h7-8,13H,4-6H2,1-3H3. The maximum Gasteiger partial charge on any atom is 0.411 e. The Morgan fingerprint density at radius 2 is 1.86 bits per heavy atom. The first-order chi connectivity index (χ1) is 6.37. The van der Waals surface area contributed by atoms with E-state index in [2.05, 4.69) is 10.1 Å². The van der Waals surface area contributed by atoms with Gasteiger partial charge in [-0.1, -0.05) is 6.92 Å². The Morgan fingerprint density at radius 3 is 2.29 bits per heavy atom. The molecule has 0 aromatic carbocycles. The molecule has 2 nitrogen and oxygen atoms in total. The average Bonchev–Trinajstić information content (AvgIpc) is 2.09. The molecule has 0 aliphatic rings. The number of halogens is 3. The van der Waals surface area contributed by atoms with Crippen molar-refractivity contribution in [3.05, 3.63) is 0 Å². The second kappa shape index (κ2) is 6.24. The van der Waals surface area contributed by atoms with Crippen molar-refractivity contribution in [3.8, 4) is 0 Å². The van der Waals surface area contributed by atoms with Gasteiger partial charge in [0.25, 0.3) is 0 Å². The molecule has 0 saturated carbocycles. The van der Waals surface area contributed by atoms with E-state index in [-0.39, 0.29) is 6.61 Å². The molecule has 0 aromatic rings. The summed E-state index contributed by atoms with van der Waals surface area (Å²) < 4.78 is 39.5. The van der Waals surface area contributed by atoms with E-state index in [1.54, 1.807) is 0 Å². The van der Waals surface area contributed by atoms with E-state index in [0.717, 1.165) is 0 Å². The molecule has 0 fully saturated rings. The first kappa shape index (κ1) is 13.7. The van der Waals surface area contributed by atoms with Crippen molar-refractivity contribution < 1.29 is 17.9 Å². The molecule has 0 rings (SSSR count). The van der Waals surface area contributed by atoms with Crippen LogP contribution in [0.5, 0.6) is 0 Å². The fourth-order valence-corrected chi connectivity index (χ4v) is 0.992. The predicted octanol–water partition coefficient (Wildman–Crippen LogP) is 2.20. The highest BCUT2D eigenvalue weighted by Crippen LogP contribution is 2.15. The third kappa shape index (κ3) is 7.15. The number of nitrogens with one attached hydrogen (secondary N) is 1. The summed E-state index contributed by atoms with van der Waals surface area (Å²) in [5.74, 6) is 0.313. The van der Waals surface area contributed by atoms with Gasteiger partial charge in [0.15, 0.2) is 0 Å². The lowest BCUT2D eigenvalue weighted by Crippen LogP contribution is -2.29. The van der Waals surface area contributed by atoms with Crippen LogP contribution in [0.1, 0.15) is 20.3 Å². The quantitative estimate of drug-likeness (QED) is 0.683. The maximum absolute atomic E-state index is 11.7. The zero-order chi connectivity index (χ0) is 11.2. The van der Waals surface area contributed by atoms with Crippen LogP contribution in [0, 0.1) is 5.92 Å². The largest absolute Gasteiger partial charge is 0.411 e. The zero-order valence-corrected chi connectivity index (χ0v) is 8.82. The predicted molar refractivity (Wildman–Crippen MR) is 49.2 cm³/mol. The Hall–Kier alpha value is -0.290. The van der Waals surface area contributed by atoms with Crippen molar-refractivity contribution in [1.82, 2.24) is 5.32 Å². The molecule has 5 heteroatoms. The van der Waals surface area contributed by atoms with Gasteiger partial charge in [-0.2, -0.15) is 13.2 Å². The van der Waals surface area contributed by atoms with E-state index in [4.69, 9.17) is 0 Å². The second-order valence-corrected chi connectivity index (χ2v) is 3.51. The van der Waals surface area contributed by atoms with Crippen LogP contribution in [0.2, 0.25) is 0 Å². The first-order valence-electron chi connectivity index (χ1n) is 4.68. The van der Waals surface area contributed by atoms with Gasteiger partial charge in [0.1, 0.15) is 6.61 Å². The van der Waals surface area contributed by atoms with Crippen molar-refractivity contribution in [2.45, 2.75) is 32.5 Å². The third-order valence-electron chi connectivity index (χ3n) is 2.29. The fraction of sp³-hybridized carbons (Fsp3) is 1.00. The minimum Gasteiger partial charge on any atom is -0.372 e. The Balaban J connectivity index is 3.45. The number of hydrogen-bond acceptors (Lipinski definition) is 2. The van der Waals surface area contributed by atoms with E-state index in [9.17, 15) is 13.2 Å². The summed E-state index contributed by atoms with van der Waals surface area (Å²) in [7, 11) is 1.83. The number of rotatable bonds is 6. The summed E-state index contributed by atoms with van der Waals surface area (Å²) in [6.45, 7) is 2.99. The SMILES string of the molecule is CNC(C)C(C)CCOCC(F)(F)F. The van der Waals surface area contributed by atoms with Crippen LogP contribution in [0.15, 0.2) is 0 Å². The first-order valence-corrected chi connectivity index (χ1v) is 4.68. The molecule has 14 heavy (non-hydrogen) atoms. The Kier molecular flexibility index (Phi) is 6.11. The summed E-state index contributed by atoms with van der Waals surface area (Å²) in [4.78, 5) is 0. The lowest BCUT2D eigenvalue weighted by atomic mass is 10.0. The van der Waals surface area contributed by atoms with Gasteiger partial charge in [-0.15, -0.1) is 0 Å². The highest BCUT2D eigenvalue weighted by atomic mass is 19.4. The Bertz CT molecular complexity index is 149. The molecule has 2 unspecified atom stereocenters. The lowest BCUT2D eigenvalue weighted by molar-refractivity contribution is -0.174. The van der Waals surface area contributed by atoms with Crippen LogP contribution in [0.3, 0.4) is 0 Å². The molecule has 0 radical (unpaired) electrons. The highest BCUT2D eigenvalue weighted by Gasteiger charge is 2.27. The summed E-state index contributed by atoms with van der Waals surface area (Å²) >= 11 is 0. The van der Waals surface area contributed by atoms with Crippen molar-refractivity contribution in [2.24, 2.45) is 5.92 Å². The third-order valence-corrected chi connectivity index (χ3v) is 2.29. The second-order valence-electron chi connectivity index (χ2n) is 3.51. The van der Waals surface area contributed by atoms with E-state index >= 15 is 0 Å². The highest BCUT2D eigenvalue weighted by molar-refractivity contribution is 4.65. The average molecular weight is 213 g/mol. The van der Waals surface area contributed by atoms with Crippen LogP contribution in [-0.2, 0) is 4.74 Å². The zero-order valence-electron chi connectivity index (χ0n) is 8.82. The van der Waals surface area contributed by atoms with Gasteiger partial charge in [-0.05, 0) is 26.3 Å². The molecule has 0 amide bonds. The molecule has 86 valence electrons. The summed E-state index contributed by atoms with van der Waals surface area (Å²) in [6, 6.07) is 0.296. The maximum atomic E-state index is 11.7. The van der Waals surface area contributed by atoms with Crippen molar-refractivity contribution in [3.63, 3.8) is 0 Å². The molecule has 0 aromatic heterocycles. The number of alkyl halides is 3. The van der Waals surface area contributed by atoms with E-state index < -0.39 is 12.8 Å². The molecule has 0 aliphatic carbocycles. The van der Waals surface area contributed by atoms with Crippen molar-refractivity contribution in [1.29, 1.82) is 0 Å². The Morgan fingerprint density at radius 1 is 1.29 bits per heavy atom. The minimum atomic E-state index is -4.21. The lowest BCUT2D eigenvalue weighted by Gasteiger charge is -2.19. The normalized spacial score (nSPS) is 16.7. The fourth-order valence-electron chi connectivity index (χ4n) is 0.992. The molecule has 0 saturated heterocycles. The van der Waals surface area contributed by atoms with Gasteiger partial charge in [0.2, 0.25) is 0 Å². The molecule has 1 N–H and O–H groups in total. The van der Waals surface area contributed by atoms with Gasteiger partial charge >= 0.3 is 6.18 Å². The Labute approximate surface area is 82.8 Å². The van der Waals surface area contributed by atoms with Gasteiger partial charge in [-0.25, -0.2) is 0 Å². The van der Waals surface area contributed by atoms with E-state index in [0.29, 0.717) is 18.4 Å². The smallest absolute Gasteiger partial charge is 0.372 e. The molecule has 0 bridgehead atoms. The molecule has 2 atom stereocenters. The van der Waals surface area contributed by atoms with Crippen LogP contribution < -0.4 is 5.32 Å².